The summed E-state index contributed by atoms with van der Waals surface area (Å²) in [7, 11) is 1.88. The van der Waals surface area contributed by atoms with Crippen molar-refractivity contribution < 1.29 is 9.53 Å². The van der Waals surface area contributed by atoms with Crippen LogP contribution in [-0.4, -0.2) is 22.4 Å². The number of hydrogen-bond donors (Lipinski definition) is 0. The van der Waals surface area contributed by atoms with Gasteiger partial charge in [0, 0.05) is 24.4 Å². The Morgan fingerprint density at radius 3 is 2.59 bits per heavy atom. The van der Waals surface area contributed by atoms with Gasteiger partial charge in [-0.15, -0.1) is 0 Å². The molecule has 0 N–H and O–H groups in total. The van der Waals surface area contributed by atoms with Crippen LogP contribution in [0.5, 0.6) is 0 Å². The Labute approximate surface area is 130 Å². The van der Waals surface area contributed by atoms with Crippen LogP contribution in [0.25, 0.3) is 12.2 Å². The molecule has 0 unspecified atom stereocenters. The number of aryl methyl sites for hydroxylation is 2. The third-order valence-electron chi connectivity index (χ3n) is 3.38. The topological polar surface area (TPSA) is 44.1 Å². The van der Waals surface area contributed by atoms with E-state index in [9.17, 15) is 4.79 Å². The number of hydrogen-bond acceptors (Lipinski definition) is 3. The van der Waals surface area contributed by atoms with E-state index in [2.05, 4.69) is 5.10 Å². The van der Waals surface area contributed by atoms with Crippen molar-refractivity contribution in [1.29, 1.82) is 0 Å². The van der Waals surface area contributed by atoms with Crippen LogP contribution in [0, 0.1) is 13.8 Å². The van der Waals surface area contributed by atoms with Crippen molar-refractivity contribution in [2.75, 3.05) is 6.61 Å². The number of carbonyl (C=O) groups excluding carboxylic acids is 1. The fourth-order valence-electron chi connectivity index (χ4n) is 2.11. The SMILES string of the molecule is Cc1nn(C)c(C)c1/C=C\C(=O)OC/C=C\c1ccccc1. The van der Waals surface area contributed by atoms with E-state index in [1.54, 1.807) is 10.8 Å². The van der Waals surface area contributed by atoms with Gasteiger partial charge in [-0.3, -0.25) is 4.68 Å². The van der Waals surface area contributed by atoms with Crippen molar-refractivity contribution >= 4 is 18.1 Å². The summed E-state index contributed by atoms with van der Waals surface area (Å²) in [5, 5.41) is 4.30. The lowest BCUT2D eigenvalue weighted by Crippen LogP contribution is -2.00. The molecule has 1 heterocycles. The van der Waals surface area contributed by atoms with Crippen molar-refractivity contribution in [2.24, 2.45) is 7.05 Å². The quantitative estimate of drug-likeness (QED) is 0.628. The zero-order chi connectivity index (χ0) is 15.9. The molecule has 0 spiro atoms. The second-order valence-electron chi connectivity index (χ2n) is 4.98. The van der Waals surface area contributed by atoms with E-state index in [1.807, 2.05) is 63.4 Å². The molecule has 114 valence electrons. The van der Waals surface area contributed by atoms with E-state index in [0.717, 1.165) is 22.5 Å². The lowest BCUT2D eigenvalue weighted by atomic mass is 10.2. The van der Waals surface area contributed by atoms with Gasteiger partial charge in [-0.2, -0.15) is 5.10 Å². The molecule has 2 aromatic rings. The summed E-state index contributed by atoms with van der Waals surface area (Å²) in [5.74, 6) is -0.361. The molecule has 0 aliphatic rings. The number of ether oxygens (including phenoxy) is 1. The van der Waals surface area contributed by atoms with Gasteiger partial charge in [-0.1, -0.05) is 36.4 Å². The molecule has 0 amide bonds. The average Bonchev–Trinajstić information content (AvgIpc) is 2.76. The minimum Gasteiger partial charge on any atom is -0.458 e. The fraction of sp³-hybridized carbons (Fsp3) is 0.222. The molecule has 0 radical (unpaired) electrons. The molecule has 1 aromatic heterocycles. The Bertz CT molecular complexity index is 697. The number of nitrogens with zero attached hydrogens (tertiary/aromatic N) is 2. The smallest absolute Gasteiger partial charge is 0.331 e. The Morgan fingerprint density at radius 2 is 1.95 bits per heavy atom. The van der Waals surface area contributed by atoms with E-state index >= 15 is 0 Å². The number of carbonyl (C=O) groups is 1. The highest BCUT2D eigenvalue weighted by Gasteiger charge is 2.06. The molecule has 0 saturated carbocycles. The number of benzene rings is 1. The highest BCUT2D eigenvalue weighted by atomic mass is 16.5. The van der Waals surface area contributed by atoms with Crippen LogP contribution in [0.4, 0.5) is 0 Å². The van der Waals surface area contributed by atoms with Gasteiger partial charge in [0.05, 0.1) is 5.69 Å². The number of rotatable bonds is 5. The lowest BCUT2D eigenvalue weighted by Gasteiger charge is -1.98. The van der Waals surface area contributed by atoms with Crippen LogP contribution in [0.1, 0.15) is 22.5 Å². The van der Waals surface area contributed by atoms with Crippen molar-refractivity contribution in [3.05, 3.63) is 65.0 Å². The number of aromatic nitrogens is 2. The highest BCUT2D eigenvalue weighted by molar-refractivity contribution is 5.87. The molecule has 0 aliphatic heterocycles. The minimum atomic E-state index is -0.361. The van der Waals surface area contributed by atoms with Crippen LogP contribution in [0.3, 0.4) is 0 Å². The van der Waals surface area contributed by atoms with E-state index in [-0.39, 0.29) is 12.6 Å². The van der Waals surface area contributed by atoms with Gasteiger partial charge in [0.1, 0.15) is 6.61 Å². The van der Waals surface area contributed by atoms with Gasteiger partial charge in [0.15, 0.2) is 0 Å². The summed E-state index contributed by atoms with van der Waals surface area (Å²) in [6, 6.07) is 9.88. The molecule has 2 rings (SSSR count). The lowest BCUT2D eigenvalue weighted by molar-refractivity contribution is -0.136. The van der Waals surface area contributed by atoms with Gasteiger partial charge in [-0.25, -0.2) is 4.79 Å². The van der Waals surface area contributed by atoms with Crippen molar-refractivity contribution in [3.63, 3.8) is 0 Å². The first-order valence-electron chi connectivity index (χ1n) is 7.14. The van der Waals surface area contributed by atoms with Crippen LogP contribution in [0.2, 0.25) is 0 Å². The molecule has 0 aliphatic carbocycles. The van der Waals surface area contributed by atoms with Crippen LogP contribution in [-0.2, 0) is 16.6 Å². The first-order valence-corrected chi connectivity index (χ1v) is 7.14. The third-order valence-corrected chi connectivity index (χ3v) is 3.38. The summed E-state index contributed by atoms with van der Waals surface area (Å²) in [6.07, 6.45) is 6.93. The summed E-state index contributed by atoms with van der Waals surface area (Å²) in [6.45, 7) is 4.14. The largest absolute Gasteiger partial charge is 0.458 e. The summed E-state index contributed by atoms with van der Waals surface area (Å²) in [4.78, 5) is 11.7. The predicted octanol–water partition coefficient (Wildman–Crippen LogP) is 3.31. The van der Waals surface area contributed by atoms with Gasteiger partial charge < -0.3 is 4.74 Å². The Balaban J connectivity index is 1.85. The van der Waals surface area contributed by atoms with Crippen LogP contribution >= 0.6 is 0 Å². The second kappa shape index (κ2) is 7.41. The molecule has 0 bridgehead atoms. The van der Waals surface area contributed by atoms with Crippen molar-refractivity contribution in [3.8, 4) is 0 Å². The normalized spacial score (nSPS) is 11.4. The predicted molar refractivity (Wildman–Crippen MR) is 88.2 cm³/mol. The summed E-state index contributed by atoms with van der Waals surface area (Å²) >= 11 is 0. The molecular formula is C18H20N2O2. The summed E-state index contributed by atoms with van der Waals surface area (Å²) in [5.41, 5.74) is 3.95. The number of esters is 1. The Hall–Kier alpha value is -2.62. The minimum absolute atomic E-state index is 0.253. The molecule has 4 nitrogen and oxygen atoms in total. The van der Waals surface area contributed by atoms with Crippen LogP contribution in [0.15, 0.2) is 42.5 Å². The maximum absolute atomic E-state index is 11.7. The summed E-state index contributed by atoms with van der Waals surface area (Å²) < 4.78 is 6.93. The van der Waals surface area contributed by atoms with Crippen molar-refractivity contribution in [1.82, 2.24) is 9.78 Å². The Morgan fingerprint density at radius 1 is 1.23 bits per heavy atom. The maximum Gasteiger partial charge on any atom is 0.331 e. The van der Waals surface area contributed by atoms with Gasteiger partial charge in [0.2, 0.25) is 0 Å². The third kappa shape index (κ3) is 4.19. The molecule has 0 fully saturated rings. The highest BCUT2D eigenvalue weighted by Crippen LogP contribution is 2.13. The molecule has 4 heteroatoms. The van der Waals surface area contributed by atoms with E-state index < -0.39 is 0 Å². The molecule has 22 heavy (non-hydrogen) atoms. The van der Waals surface area contributed by atoms with Gasteiger partial charge in [0.25, 0.3) is 0 Å². The second-order valence-corrected chi connectivity index (χ2v) is 4.98. The van der Waals surface area contributed by atoms with E-state index in [4.69, 9.17) is 4.74 Å². The molecule has 0 atom stereocenters. The fourth-order valence-corrected chi connectivity index (χ4v) is 2.11. The first kappa shape index (κ1) is 15.8. The maximum atomic E-state index is 11.7. The monoisotopic (exact) mass is 296 g/mol. The van der Waals surface area contributed by atoms with Gasteiger partial charge >= 0.3 is 5.97 Å². The Kier molecular flexibility index (Phi) is 5.31. The molecule has 0 saturated heterocycles. The van der Waals surface area contributed by atoms with Gasteiger partial charge in [-0.05, 0) is 31.6 Å². The van der Waals surface area contributed by atoms with E-state index in [0.29, 0.717) is 0 Å². The average molecular weight is 296 g/mol. The van der Waals surface area contributed by atoms with E-state index in [1.165, 1.54) is 6.08 Å². The van der Waals surface area contributed by atoms with Crippen molar-refractivity contribution in [2.45, 2.75) is 13.8 Å². The molecular weight excluding hydrogens is 276 g/mol. The molecule has 1 aromatic carbocycles. The zero-order valence-electron chi connectivity index (χ0n) is 13.1. The van der Waals surface area contributed by atoms with Crippen LogP contribution < -0.4 is 0 Å². The standard InChI is InChI=1S/C18H20N2O2/c1-14-17(15(2)20(3)19-14)11-12-18(21)22-13-7-10-16-8-5-4-6-9-16/h4-12H,13H2,1-3H3/b10-7-,12-11-. The first-order chi connectivity index (χ1) is 10.6. The zero-order valence-corrected chi connectivity index (χ0v) is 13.1.